The summed E-state index contributed by atoms with van der Waals surface area (Å²) in [6.07, 6.45) is 3.28. The predicted molar refractivity (Wildman–Crippen MR) is 41.7 cm³/mol. The molecular weight excluding hydrogens is 219 g/mol. The van der Waals surface area contributed by atoms with Crippen LogP contribution in [0.2, 0.25) is 0 Å². The molecule has 0 radical (unpaired) electrons. The third-order valence-electron chi connectivity index (χ3n) is 0.994. The zero-order valence-corrected chi connectivity index (χ0v) is 5.18. The van der Waals surface area contributed by atoms with E-state index < -0.39 is 5.97 Å². The first-order chi connectivity index (χ1) is 3.77. The zero-order valence-electron chi connectivity index (χ0n) is 5.18. The molecule has 0 fully saturated rings. The molecule has 0 aliphatic heterocycles. The Hall–Kier alpha value is 0.340. The van der Waals surface area contributed by atoms with Gasteiger partial charge in [-0.1, -0.05) is 19.8 Å². The number of carbonyl (C=O) groups is 1. The molecule has 54 valence electrons. The van der Waals surface area contributed by atoms with Crippen molar-refractivity contribution in [2.75, 3.05) is 0 Å². The van der Waals surface area contributed by atoms with E-state index in [2.05, 4.69) is 6.92 Å². The number of carboxylic acids is 1. The van der Waals surface area contributed by atoms with E-state index in [1.165, 1.54) is 0 Å². The van der Waals surface area contributed by atoms with E-state index in [0.29, 0.717) is 6.42 Å². The quantitative estimate of drug-likeness (QED) is 0.718. The van der Waals surface area contributed by atoms with Crippen molar-refractivity contribution in [2.45, 2.75) is 32.6 Å². The topological polar surface area (TPSA) is 37.3 Å². The van der Waals surface area contributed by atoms with Crippen LogP contribution in [0.15, 0.2) is 0 Å². The summed E-state index contributed by atoms with van der Waals surface area (Å²) < 4.78 is 0. The van der Waals surface area contributed by atoms with Gasteiger partial charge < -0.3 is 5.11 Å². The van der Waals surface area contributed by atoms with Crippen LogP contribution in [0.3, 0.4) is 0 Å². The van der Waals surface area contributed by atoms with E-state index in [1.54, 1.807) is 0 Å². The predicted octanol–water partition coefficient (Wildman–Crippen LogP) is 0.467. The van der Waals surface area contributed by atoms with Crippen LogP contribution in [0.25, 0.3) is 0 Å². The zero-order chi connectivity index (χ0) is 6.41. The average Bonchev–Trinajstić information content (AvgIpc) is 1.66. The van der Waals surface area contributed by atoms with Crippen molar-refractivity contribution in [3.05, 3.63) is 0 Å². The van der Waals surface area contributed by atoms with Gasteiger partial charge in [0.25, 0.3) is 0 Å². The maximum absolute atomic E-state index is 9.87. The number of hydrogen-bond donors (Lipinski definition) is 1. The number of carboxylic acid groups (broad SMARTS) is 1. The number of unbranched alkanes of at least 4 members (excludes halogenated alkanes) is 2. The Morgan fingerprint density at radius 2 is 2.00 bits per heavy atom. The molecule has 0 saturated heterocycles. The molecule has 0 rings (SSSR count). The summed E-state index contributed by atoms with van der Waals surface area (Å²) in [4.78, 5) is 9.87. The molecule has 0 amide bonds. The minimum atomic E-state index is -0.682. The standard InChI is InChI=1S/C6H12O2.In.3H/c1-2-3-4-5-6(7)8;;;;/h2-5H2,1H3,(H,7,8);;;;. The maximum atomic E-state index is 9.87. The molecule has 0 saturated carbocycles. The minimum absolute atomic E-state index is 0. The Bertz CT molecular complexity index is 73.5. The Labute approximate surface area is 74.4 Å². The molecule has 0 aliphatic carbocycles. The molecular formula is C6H15InO2. The first-order valence-corrected chi connectivity index (χ1v) is 2.99. The molecule has 0 aliphatic rings. The summed E-state index contributed by atoms with van der Waals surface area (Å²) in [6, 6.07) is 0. The second-order valence-electron chi connectivity index (χ2n) is 1.85. The molecule has 0 spiro atoms. The van der Waals surface area contributed by atoms with Crippen molar-refractivity contribution in [3.8, 4) is 0 Å². The average molecular weight is 234 g/mol. The van der Waals surface area contributed by atoms with E-state index in [-0.39, 0.29) is 25.8 Å². The fraction of sp³-hybridized carbons (Fsp3) is 0.833. The van der Waals surface area contributed by atoms with Crippen molar-refractivity contribution in [2.24, 2.45) is 0 Å². The number of hydrogen-bond acceptors (Lipinski definition) is 1. The summed E-state index contributed by atoms with van der Waals surface area (Å²) in [5, 5.41) is 8.14. The Balaban J connectivity index is 0. The van der Waals surface area contributed by atoms with E-state index in [4.69, 9.17) is 5.11 Å². The van der Waals surface area contributed by atoms with Crippen LogP contribution in [-0.4, -0.2) is 36.9 Å². The van der Waals surface area contributed by atoms with Crippen LogP contribution in [0, 0.1) is 0 Å². The molecule has 9 heavy (non-hydrogen) atoms. The van der Waals surface area contributed by atoms with Gasteiger partial charge in [0.2, 0.25) is 0 Å². The Kier molecular flexibility index (Phi) is 11.2. The second-order valence-corrected chi connectivity index (χ2v) is 1.85. The third-order valence-corrected chi connectivity index (χ3v) is 0.994. The van der Waals surface area contributed by atoms with Gasteiger partial charge in [0, 0.05) is 6.42 Å². The number of rotatable bonds is 4. The molecule has 0 atom stereocenters. The van der Waals surface area contributed by atoms with Gasteiger partial charge in [-0.3, -0.25) is 4.79 Å². The van der Waals surface area contributed by atoms with Crippen molar-refractivity contribution < 1.29 is 9.90 Å². The number of aliphatic carboxylic acids is 1. The summed E-state index contributed by atoms with van der Waals surface area (Å²) in [5.74, 6) is -0.682. The summed E-state index contributed by atoms with van der Waals surface area (Å²) >= 11 is 0. The van der Waals surface area contributed by atoms with Crippen LogP contribution in [0.5, 0.6) is 0 Å². The van der Waals surface area contributed by atoms with Gasteiger partial charge in [-0.25, -0.2) is 0 Å². The van der Waals surface area contributed by atoms with E-state index in [9.17, 15) is 4.79 Å². The van der Waals surface area contributed by atoms with Crippen LogP contribution in [0.4, 0.5) is 0 Å². The normalized spacial score (nSPS) is 8.11. The van der Waals surface area contributed by atoms with Gasteiger partial charge in [0.15, 0.2) is 0 Å². The van der Waals surface area contributed by atoms with Gasteiger partial charge in [0.05, 0.1) is 0 Å². The summed E-state index contributed by atoms with van der Waals surface area (Å²) in [7, 11) is 0. The van der Waals surface area contributed by atoms with Crippen molar-refractivity contribution in [1.29, 1.82) is 0 Å². The molecule has 0 unspecified atom stereocenters. The van der Waals surface area contributed by atoms with Gasteiger partial charge in [-0.2, -0.15) is 0 Å². The van der Waals surface area contributed by atoms with Crippen LogP contribution >= 0.6 is 0 Å². The first-order valence-electron chi connectivity index (χ1n) is 2.99. The first kappa shape index (κ1) is 12.1. The molecule has 0 aromatic rings. The monoisotopic (exact) mass is 234 g/mol. The SMILES string of the molecule is CCCCCC(=O)O.[InH3]. The van der Waals surface area contributed by atoms with Crippen molar-refractivity contribution in [3.63, 3.8) is 0 Å². The Morgan fingerprint density at radius 1 is 1.44 bits per heavy atom. The van der Waals surface area contributed by atoms with Gasteiger partial charge >= 0.3 is 31.8 Å². The van der Waals surface area contributed by atoms with Gasteiger partial charge in [-0.15, -0.1) is 0 Å². The fourth-order valence-electron chi connectivity index (χ4n) is 0.526. The van der Waals surface area contributed by atoms with Gasteiger partial charge in [-0.05, 0) is 6.42 Å². The van der Waals surface area contributed by atoms with Gasteiger partial charge in [0.1, 0.15) is 0 Å². The van der Waals surface area contributed by atoms with Crippen molar-refractivity contribution >= 4 is 31.8 Å². The second kappa shape index (κ2) is 8.34. The molecule has 0 aromatic heterocycles. The summed E-state index contributed by atoms with van der Waals surface area (Å²) in [6.45, 7) is 2.06. The molecule has 2 nitrogen and oxygen atoms in total. The third kappa shape index (κ3) is 11.8. The molecule has 3 heteroatoms. The molecule has 0 heterocycles. The molecule has 0 bridgehead atoms. The fourth-order valence-corrected chi connectivity index (χ4v) is 0.526. The van der Waals surface area contributed by atoms with Crippen LogP contribution < -0.4 is 0 Å². The van der Waals surface area contributed by atoms with Crippen LogP contribution in [0.1, 0.15) is 32.6 Å². The molecule has 0 aromatic carbocycles. The van der Waals surface area contributed by atoms with Crippen molar-refractivity contribution in [1.82, 2.24) is 0 Å². The summed E-state index contributed by atoms with van der Waals surface area (Å²) in [5.41, 5.74) is 0. The molecule has 1 N–H and O–H groups in total. The van der Waals surface area contributed by atoms with Crippen LogP contribution in [-0.2, 0) is 4.79 Å². The van der Waals surface area contributed by atoms with E-state index >= 15 is 0 Å². The van der Waals surface area contributed by atoms with E-state index in [0.717, 1.165) is 19.3 Å². The Morgan fingerprint density at radius 3 is 2.33 bits per heavy atom. The van der Waals surface area contributed by atoms with E-state index in [1.807, 2.05) is 0 Å².